The van der Waals surface area contributed by atoms with Gasteiger partial charge in [0, 0.05) is 0 Å². The summed E-state index contributed by atoms with van der Waals surface area (Å²) in [5.74, 6) is -0.266. The summed E-state index contributed by atoms with van der Waals surface area (Å²) in [6.45, 7) is 2.07. The Morgan fingerprint density at radius 1 is 1.36 bits per heavy atom. The van der Waals surface area contributed by atoms with Gasteiger partial charge in [-0.1, -0.05) is 0 Å². The molecule has 0 saturated carbocycles. The Morgan fingerprint density at radius 2 is 2.07 bits per heavy atom. The van der Waals surface area contributed by atoms with Crippen LogP contribution >= 0.6 is 0 Å². The quantitative estimate of drug-likeness (QED) is 0.642. The van der Waals surface area contributed by atoms with Crippen LogP contribution in [0.15, 0.2) is 12.1 Å². The van der Waals surface area contributed by atoms with Crippen LogP contribution in [0, 0.1) is 5.82 Å². The Balaban J connectivity index is 2.60. The molecule has 0 fully saturated rings. The fraction of sp³-hybridized carbons (Fsp3) is 0.300. The maximum Gasteiger partial charge on any atom is 0.175 e. The number of carbonyl (C=O) groups is 1. The molecule has 0 atom stereocenters. The van der Waals surface area contributed by atoms with Crippen LogP contribution in [0.3, 0.4) is 0 Å². The van der Waals surface area contributed by atoms with E-state index in [2.05, 4.69) is 0 Å². The summed E-state index contributed by atoms with van der Waals surface area (Å²) >= 11 is 0. The van der Waals surface area contributed by atoms with Gasteiger partial charge in [0.2, 0.25) is 0 Å². The van der Waals surface area contributed by atoms with Gasteiger partial charge in [0.15, 0.2) is 17.3 Å². The van der Waals surface area contributed by atoms with Gasteiger partial charge in [-0.2, -0.15) is 0 Å². The van der Waals surface area contributed by atoms with Crippen molar-refractivity contribution in [3.8, 4) is 11.5 Å². The topological polar surface area (TPSA) is 35.5 Å². The van der Waals surface area contributed by atoms with Gasteiger partial charge < -0.3 is 9.47 Å². The summed E-state index contributed by atoms with van der Waals surface area (Å²) in [6, 6.07) is 2.68. The predicted molar refractivity (Wildman–Crippen MR) is 47.4 cm³/mol. The van der Waals surface area contributed by atoms with Crippen molar-refractivity contribution >= 4 is 5.78 Å². The number of hydrogen-bond donors (Lipinski definition) is 0. The van der Waals surface area contributed by atoms with Crippen LogP contribution in [-0.2, 0) is 0 Å². The molecule has 1 aromatic carbocycles. The van der Waals surface area contributed by atoms with Crippen LogP contribution < -0.4 is 9.47 Å². The van der Waals surface area contributed by atoms with Crippen molar-refractivity contribution in [2.75, 3.05) is 13.2 Å². The normalized spacial score (nSPS) is 13.9. The average Bonchev–Trinajstić information content (AvgIpc) is 2.17. The monoisotopic (exact) mass is 196 g/mol. The molecule has 14 heavy (non-hydrogen) atoms. The second kappa shape index (κ2) is 3.29. The Labute approximate surface area is 80.4 Å². The van der Waals surface area contributed by atoms with E-state index in [4.69, 9.17) is 9.47 Å². The Hall–Kier alpha value is -1.58. The highest BCUT2D eigenvalue weighted by molar-refractivity contribution is 5.98. The molecule has 0 radical (unpaired) electrons. The summed E-state index contributed by atoms with van der Waals surface area (Å²) in [5, 5.41) is 0. The van der Waals surface area contributed by atoms with E-state index in [9.17, 15) is 9.18 Å². The summed E-state index contributed by atoms with van der Waals surface area (Å²) in [5.41, 5.74) is -0.0257. The van der Waals surface area contributed by atoms with E-state index in [1.165, 1.54) is 19.1 Å². The molecule has 0 aromatic heterocycles. The van der Waals surface area contributed by atoms with Crippen molar-refractivity contribution in [1.82, 2.24) is 0 Å². The minimum Gasteiger partial charge on any atom is -0.486 e. The highest BCUT2D eigenvalue weighted by atomic mass is 19.1. The summed E-state index contributed by atoms with van der Waals surface area (Å²) in [7, 11) is 0. The number of Topliss-reactive ketones (excluding diaryl/α,β-unsaturated/α-hetero) is 1. The molecular weight excluding hydrogens is 187 g/mol. The average molecular weight is 196 g/mol. The Bertz CT molecular complexity index is 387. The molecule has 1 aliphatic rings. The van der Waals surface area contributed by atoms with Gasteiger partial charge in [0.25, 0.3) is 0 Å². The number of rotatable bonds is 1. The van der Waals surface area contributed by atoms with Crippen LogP contribution in [0.5, 0.6) is 11.5 Å². The summed E-state index contributed by atoms with van der Waals surface area (Å²) < 4.78 is 23.7. The third kappa shape index (κ3) is 1.32. The zero-order valence-electron chi connectivity index (χ0n) is 7.67. The molecule has 1 aromatic rings. The minimum atomic E-state index is -0.568. The molecule has 1 aliphatic heterocycles. The number of ether oxygens (including phenoxy) is 2. The standard InChI is InChI=1S/C10H9FO3/c1-6(12)9-7(11)2-3-8-10(9)14-5-4-13-8/h2-3H,4-5H2,1H3. The lowest BCUT2D eigenvalue weighted by Gasteiger charge is -2.20. The molecule has 0 N–H and O–H groups in total. The second-order valence-electron chi connectivity index (χ2n) is 3.00. The smallest absolute Gasteiger partial charge is 0.175 e. The van der Waals surface area contributed by atoms with E-state index in [0.29, 0.717) is 19.0 Å². The lowest BCUT2D eigenvalue weighted by atomic mass is 10.1. The molecular formula is C10H9FO3. The molecule has 2 rings (SSSR count). The third-order valence-corrected chi connectivity index (χ3v) is 2.01. The Kier molecular flexibility index (Phi) is 2.11. The molecule has 0 aliphatic carbocycles. The van der Waals surface area contributed by atoms with Crippen LogP contribution in [0.4, 0.5) is 4.39 Å². The zero-order chi connectivity index (χ0) is 10.1. The number of halogens is 1. The second-order valence-corrected chi connectivity index (χ2v) is 3.00. The highest BCUT2D eigenvalue weighted by Crippen LogP contribution is 2.35. The highest BCUT2D eigenvalue weighted by Gasteiger charge is 2.22. The van der Waals surface area contributed by atoms with Crippen molar-refractivity contribution in [3.05, 3.63) is 23.5 Å². The molecule has 3 nitrogen and oxygen atoms in total. The van der Waals surface area contributed by atoms with E-state index in [0.717, 1.165) is 0 Å². The van der Waals surface area contributed by atoms with E-state index < -0.39 is 5.82 Å². The first-order valence-corrected chi connectivity index (χ1v) is 4.29. The number of hydrogen-bond acceptors (Lipinski definition) is 3. The Morgan fingerprint density at radius 3 is 2.79 bits per heavy atom. The third-order valence-electron chi connectivity index (χ3n) is 2.01. The van der Waals surface area contributed by atoms with E-state index in [1.54, 1.807) is 0 Å². The van der Waals surface area contributed by atoms with Crippen molar-refractivity contribution in [3.63, 3.8) is 0 Å². The molecule has 0 unspecified atom stereocenters. The molecule has 0 bridgehead atoms. The number of ketones is 1. The van der Waals surface area contributed by atoms with Crippen molar-refractivity contribution < 1.29 is 18.7 Å². The first-order chi connectivity index (χ1) is 6.70. The van der Waals surface area contributed by atoms with Crippen LogP contribution in [0.1, 0.15) is 17.3 Å². The molecule has 1 heterocycles. The van der Waals surface area contributed by atoms with Gasteiger partial charge in [-0.25, -0.2) is 4.39 Å². The first-order valence-electron chi connectivity index (χ1n) is 4.29. The fourth-order valence-electron chi connectivity index (χ4n) is 1.42. The van der Waals surface area contributed by atoms with Gasteiger partial charge in [0.1, 0.15) is 19.0 Å². The zero-order valence-corrected chi connectivity index (χ0v) is 7.67. The van der Waals surface area contributed by atoms with E-state index in [1.807, 2.05) is 0 Å². The van der Waals surface area contributed by atoms with Gasteiger partial charge in [-0.05, 0) is 19.1 Å². The van der Waals surface area contributed by atoms with E-state index in [-0.39, 0.29) is 17.1 Å². The molecule has 0 spiro atoms. The lowest BCUT2D eigenvalue weighted by molar-refractivity contribution is 0.0997. The largest absolute Gasteiger partial charge is 0.486 e. The fourth-order valence-corrected chi connectivity index (χ4v) is 1.42. The lowest BCUT2D eigenvalue weighted by Crippen LogP contribution is -2.18. The van der Waals surface area contributed by atoms with Crippen LogP contribution in [0.25, 0.3) is 0 Å². The van der Waals surface area contributed by atoms with Gasteiger partial charge >= 0.3 is 0 Å². The van der Waals surface area contributed by atoms with Crippen molar-refractivity contribution in [1.29, 1.82) is 0 Å². The molecule has 0 saturated heterocycles. The SMILES string of the molecule is CC(=O)c1c(F)ccc2c1OCCO2. The number of benzene rings is 1. The first kappa shape index (κ1) is 8.99. The van der Waals surface area contributed by atoms with Gasteiger partial charge in [-0.3, -0.25) is 4.79 Å². The number of fused-ring (bicyclic) bond motifs is 1. The maximum atomic E-state index is 13.3. The van der Waals surface area contributed by atoms with Crippen molar-refractivity contribution in [2.45, 2.75) is 6.92 Å². The number of carbonyl (C=O) groups excluding carboxylic acids is 1. The van der Waals surface area contributed by atoms with E-state index >= 15 is 0 Å². The molecule has 74 valence electrons. The summed E-state index contributed by atoms with van der Waals surface area (Å²) in [6.07, 6.45) is 0. The molecule has 4 heteroatoms. The van der Waals surface area contributed by atoms with Crippen molar-refractivity contribution in [2.24, 2.45) is 0 Å². The molecule has 0 amide bonds. The van der Waals surface area contributed by atoms with Gasteiger partial charge in [0.05, 0.1) is 5.56 Å². The summed E-state index contributed by atoms with van der Waals surface area (Å²) in [4.78, 5) is 11.2. The van der Waals surface area contributed by atoms with Crippen LogP contribution in [-0.4, -0.2) is 19.0 Å². The van der Waals surface area contributed by atoms with Gasteiger partial charge in [-0.15, -0.1) is 0 Å². The maximum absolute atomic E-state index is 13.3. The van der Waals surface area contributed by atoms with Crippen LogP contribution in [0.2, 0.25) is 0 Å². The predicted octanol–water partition coefficient (Wildman–Crippen LogP) is 1.80. The minimum absolute atomic E-state index is 0.0257.